The quantitative estimate of drug-likeness (QED) is 0.848. The van der Waals surface area contributed by atoms with Crippen molar-refractivity contribution in [3.8, 4) is 11.1 Å². The van der Waals surface area contributed by atoms with E-state index in [-0.39, 0.29) is 5.75 Å². The van der Waals surface area contributed by atoms with E-state index in [0.29, 0.717) is 5.92 Å². The maximum Gasteiger partial charge on any atom is 0.157 e. The molecule has 0 amide bonds. The number of hydrogen-bond donors (Lipinski definition) is 1. The van der Waals surface area contributed by atoms with Crippen molar-refractivity contribution < 1.29 is 8.76 Å². The lowest BCUT2D eigenvalue weighted by Gasteiger charge is -2.08. The molecule has 0 spiro atoms. The third-order valence-electron chi connectivity index (χ3n) is 3.13. The Kier molecular flexibility index (Phi) is 4.51. The second kappa shape index (κ2) is 6.13. The smallest absolute Gasteiger partial charge is 0.157 e. The molecule has 2 rings (SSSR count). The maximum atomic E-state index is 10.8. The van der Waals surface area contributed by atoms with E-state index in [1.807, 2.05) is 24.3 Å². The van der Waals surface area contributed by atoms with Crippen molar-refractivity contribution in [2.45, 2.75) is 25.5 Å². The first-order valence-electron chi connectivity index (χ1n) is 6.33. The highest BCUT2D eigenvalue weighted by molar-refractivity contribution is 7.78. The Hall–Kier alpha value is -1.45. The summed E-state index contributed by atoms with van der Waals surface area (Å²) in [5.74, 6) is 0.704. The van der Waals surface area contributed by atoms with Gasteiger partial charge >= 0.3 is 0 Å². The van der Waals surface area contributed by atoms with Gasteiger partial charge in [0.1, 0.15) is 0 Å². The second-order valence-corrected chi connectivity index (χ2v) is 5.87. The first kappa shape index (κ1) is 14.0. The van der Waals surface area contributed by atoms with Gasteiger partial charge in [-0.25, -0.2) is 4.21 Å². The van der Waals surface area contributed by atoms with E-state index in [1.165, 1.54) is 5.56 Å². The zero-order chi connectivity index (χ0) is 13.8. The molecule has 0 heterocycles. The summed E-state index contributed by atoms with van der Waals surface area (Å²) < 4.78 is 19.8. The first-order chi connectivity index (χ1) is 9.06. The molecule has 19 heavy (non-hydrogen) atoms. The monoisotopic (exact) mass is 274 g/mol. The standard InChI is InChI=1S/C16H18O2S/c1-12(2)14-6-8-15(9-7-14)16-5-3-4-13(10-16)11-19(17)18/h3-10,12H,11H2,1-2H3,(H,17,18). The highest BCUT2D eigenvalue weighted by atomic mass is 32.2. The van der Waals surface area contributed by atoms with Gasteiger partial charge in [-0.05, 0) is 28.2 Å². The summed E-state index contributed by atoms with van der Waals surface area (Å²) >= 11 is -1.79. The maximum absolute atomic E-state index is 10.8. The normalized spacial score (nSPS) is 12.6. The largest absolute Gasteiger partial charge is 0.306 e. The molecule has 0 radical (unpaired) electrons. The van der Waals surface area contributed by atoms with E-state index in [2.05, 4.69) is 38.1 Å². The Morgan fingerprint density at radius 3 is 2.32 bits per heavy atom. The lowest BCUT2D eigenvalue weighted by molar-refractivity contribution is 0.563. The van der Waals surface area contributed by atoms with Crippen LogP contribution in [0.15, 0.2) is 48.5 Å². The molecule has 100 valence electrons. The van der Waals surface area contributed by atoms with Gasteiger partial charge in [-0.1, -0.05) is 62.4 Å². The highest BCUT2D eigenvalue weighted by Crippen LogP contribution is 2.23. The predicted octanol–water partition coefficient (Wildman–Crippen LogP) is 4.20. The third kappa shape index (κ3) is 3.75. The average Bonchev–Trinajstić information content (AvgIpc) is 2.38. The number of rotatable bonds is 4. The van der Waals surface area contributed by atoms with Crippen LogP contribution in [-0.2, 0) is 16.8 Å². The lowest BCUT2D eigenvalue weighted by atomic mass is 9.98. The van der Waals surface area contributed by atoms with Crippen LogP contribution >= 0.6 is 0 Å². The third-order valence-corrected chi connectivity index (χ3v) is 3.71. The number of hydrogen-bond acceptors (Lipinski definition) is 1. The molecule has 0 aliphatic carbocycles. The van der Waals surface area contributed by atoms with Gasteiger partial charge in [0.2, 0.25) is 0 Å². The minimum absolute atomic E-state index is 0.178. The Morgan fingerprint density at radius 2 is 1.74 bits per heavy atom. The molecule has 1 atom stereocenters. The van der Waals surface area contributed by atoms with E-state index in [4.69, 9.17) is 4.55 Å². The van der Waals surface area contributed by atoms with Crippen molar-refractivity contribution in [2.75, 3.05) is 0 Å². The molecule has 0 fully saturated rings. The molecule has 1 N–H and O–H groups in total. The van der Waals surface area contributed by atoms with E-state index in [1.54, 1.807) is 0 Å². The zero-order valence-corrected chi connectivity index (χ0v) is 12.0. The number of benzene rings is 2. The Balaban J connectivity index is 2.28. The fourth-order valence-corrected chi connectivity index (χ4v) is 2.51. The van der Waals surface area contributed by atoms with Crippen LogP contribution in [-0.4, -0.2) is 8.76 Å². The van der Waals surface area contributed by atoms with Crippen LogP contribution in [0.4, 0.5) is 0 Å². The van der Waals surface area contributed by atoms with E-state index in [9.17, 15) is 4.21 Å². The second-order valence-electron chi connectivity index (χ2n) is 4.94. The van der Waals surface area contributed by atoms with Gasteiger partial charge in [0, 0.05) is 0 Å². The lowest BCUT2D eigenvalue weighted by Crippen LogP contribution is -1.93. The fourth-order valence-electron chi connectivity index (χ4n) is 2.04. The van der Waals surface area contributed by atoms with E-state index >= 15 is 0 Å². The minimum Gasteiger partial charge on any atom is -0.306 e. The molecule has 3 heteroatoms. The van der Waals surface area contributed by atoms with Gasteiger partial charge in [0.05, 0.1) is 5.75 Å². The summed E-state index contributed by atoms with van der Waals surface area (Å²) in [6.45, 7) is 4.35. The molecule has 2 aromatic rings. The summed E-state index contributed by atoms with van der Waals surface area (Å²) in [6, 6.07) is 16.3. The molecular weight excluding hydrogens is 256 g/mol. The van der Waals surface area contributed by atoms with Crippen LogP contribution in [0, 0.1) is 0 Å². The van der Waals surface area contributed by atoms with Crippen molar-refractivity contribution >= 4 is 11.1 Å². The molecule has 0 saturated carbocycles. The molecule has 0 aliphatic rings. The topological polar surface area (TPSA) is 37.3 Å². The van der Waals surface area contributed by atoms with Crippen LogP contribution in [0.2, 0.25) is 0 Å². The zero-order valence-electron chi connectivity index (χ0n) is 11.2. The fraction of sp³-hybridized carbons (Fsp3) is 0.250. The molecule has 0 aliphatic heterocycles. The summed E-state index contributed by atoms with van der Waals surface area (Å²) in [7, 11) is 0. The van der Waals surface area contributed by atoms with Crippen LogP contribution in [0.3, 0.4) is 0 Å². The highest BCUT2D eigenvalue weighted by Gasteiger charge is 2.03. The Labute approximate surface area is 116 Å². The Morgan fingerprint density at radius 1 is 1.05 bits per heavy atom. The van der Waals surface area contributed by atoms with Crippen molar-refractivity contribution in [2.24, 2.45) is 0 Å². The van der Waals surface area contributed by atoms with Gasteiger partial charge < -0.3 is 4.55 Å². The van der Waals surface area contributed by atoms with Crippen LogP contribution in [0.1, 0.15) is 30.9 Å². The molecule has 2 aromatic carbocycles. The summed E-state index contributed by atoms with van der Waals surface area (Å²) in [6.07, 6.45) is 0. The van der Waals surface area contributed by atoms with Crippen molar-refractivity contribution in [1.82, 2.24) is 0 Å². The van der Waals surface area contributed by atoms with Crippen LogP contribution in [0.25, 0.3) is 11.1 Å². The SMILES string of the molecule is CC(C)c1ccc(-c2cccc(CS(=O)O)c2)cc1. The van der Waals surface area contributed by atoms with Gasteiger partial charge in [-0.2, -0.15) is 0 Å². The van der Waals surface area contributed by atoms with E-state index in [0.717, 1.165) is 16.7 Å². The molecule has 1 unspecified atom stereocenters. The average molecular weight is 274 g/mol. The van der Waals surface area contributed by atoms with Crippen molar-refractivity contribution in [3.63, 3.8) is 0 Å². The van der Waals surface area contributed by atoms with Gasteiger partial charge in [-0.15, -0.1) is 0 Å². The van der Waals surface area contributed by atoms with Gasteiger partial charge in [0.15, 0.2) is 11.1 Å². The van der Waals surface area contributed by atoms with Gasteiger partial charge in [-0.3, -0.25) is 0 Å². The predicted molar refractivity (Wildman–Crippen MR) is 80.4 cm³/mol. The van der Waals surface area contributed by atoms with Gasteiger partial charge in [0.25, 0.3) is 0 Å². The van der Waals surface area contributed by atoms with Crippen LogP contribution in [0.5, 0.6) is 0 Å². The summed E-state index contributed by atoms with van der Waals surface area (Å²) in [4.78, 5) is 0. The summed E-state index contributed by atoms with van der Waals surface area (Å²) in [5, 5.41) is 0. The molecule has 0 bridgehead atoms. The first-order valence-corrected chi connectivity index (χ1v) is 7.60. The molecule has 2 nitrogen and oxygen atoms in total. The summed E-state index contributed by atoms with van der Waals surface area (Å²) in [5.41, 5.74) is 4.41. The molecular formula is C16H18O2S. The van der Waals surface area contributed by atoms with E-state index < -0.39 is 11.1 Å². The van der Waals surface area contributed by atoms with Crippen molar-refractivity contribution in [3.05, 3.63) is 59.7 Å². The van der Waals surface area contributed by atoms with Crippen molar-refractivity contribution in [1.29, 1.82) is 0 Å². The molecule has 0 aromatic heterocycles. The minimum atomic E-state index is -1.79. The Bertz CT molecular complexity index is 574. The molecule has 0 saturated heterocycles. The van der Waals surface area contributed by atoms with Crippen LogP contribution < -0.4 is 0 Å².